The first-order chi connectivity index (χ1) is 63.7. The minimum Gasteiger partial charge on any atom is -0.496 e. The molecule has 3 N–H and O–H groups in total. The van der Waals surface area contributed by atoms with E-state index in [0.717, 1.165) is 25.0 Å². The van der Waals surface area contributed by atoms with Crippen molar-refractivity contribution in [2.75, 3.05) is 86.7 Å². The highest BCUT2D eigenvalue weighted by Gasteiger charge is 2.55. The lowest BCUT2D eigenvalue weighted by Gasteiger charge is -2.51. The maximum Gasteiger partial charge on any atom is 0.456 e. The molecule has 39 heteroatoms. The van der Waals surface area contributed by atoms with Crippen LogP contribution in [0.3, 0.4) is 0 Å². The molecule has 4 amide bonds. The van der Waals surface area contributed by atoms with Crippen LogP contribution in [-0.2, 0) is 60.7 Å². The van der Waals surface area contributed by atoms with Crippen molar-refractivity contribution >= 4 is 41.0 Å². The van der Waals surface area contributed by atoms with Crippen molar-refractivity contribution in [3.05, 3.63) is 242 Å². The number of hydrogen-bond donors (Lipinski definition) is 3. The molecule has 4 fully saturated rings. The van der Waals surface area contributed by atoms with Gasteiger partial charge in [0.05, 0.1) is 65.1 Å². The zero-order valence-electron chi connectivity index (χ0n) is 76.2. The number of nitrogens with zero attached hydrogens (tertiary/aromatic N) is 9. The number of amides is 4. The zero-order valence-corrected chi connectivity index (χ0v) is 76.2. The molecule has 5 aromatic carbocycles. The number of para-hydroxylation sites is 1. The topological polar surface area (TPSA) is 228 Å². The number of Topliss-reactive ketones (excluding diaryl/α,β-unsaturated/α-hetero) is 3. The highest BCUT2D eigenvalue weighted by atomic mass is 19.4. The molecule has 4 saturated heterocycles. The summed E-state index contributed by atoms with van der Waals surface area (Å²) < 4.78 is 239. The van der Waals surface area contributed by atoms with Crippen LogP contribution in [0.25, 0.3) is 0 Å². The Morgan fingerprint density at radius 1 is 0.397 bits per heavy atom. The van der Waals surface area contributed by atoms with Crippen LogP contribution in [0.15, 0.2) is 158 Å². The first-order valence-electron chi connectivity index (χ1n) is 44.4. The fraction of sp³-hybridized carbons (Fsp3) is 0.454. The lowest BCUT2D eigenvalue weighted by atomic mass is 9.79. The number of rotatable bonds is 13. The standard InChI is InChI=1S/C26H32F3N3O4.C25H24F3N3O2.C24H25F6N3O3.C22H23F4N3O2.3H2/c1-16(2)36-19-8-6-17(14-20(19)35-5)23(34)31-12-10-25(11-13-31)21-9-7-18(22(33)26(27,28)29)32(21)15-24(3,4)30-25;26-25(27,28)22-11-10-21-24(29-14-17-31(21)22)12-15-30(16-13-24)23(32)18-6-8-20(9-7-18)33-19-4-2-1-3-5-19;1-21(2)13-33-16(19(34)24(28,29)30)5-7-18(33)22(31-21)8-10-32(11-9-22)20(35)14-4-6-17(36-3)15(12-14)23(25,26)27;1-14-13-15(3-4-16(14)23)20(31)28-9-7-21(8-10-28)18-6-5-17(19(30)22(24,25)26)29(18)12-11-27(21)2;;;/h6-9,14,16,30H,10-13,15H2,1-5H3;1-11,29H,12-17H2;4-7,12,31H,8-11,13H2,1-3H3;3-6,13H,7-12H2,1-2H3;3*1H. The summed E-state index contributed by atoms with van der Waals surface area (Å²) in [6.45, 7) is 17.7. The first kappa shape index (κ1) is 100.0. The van der Waals surface area contributed by atoms with Crippen molar-refractivity contribution in [1.29, 1.82) is 0 Å². The molecule has 736 valence electrons. The van der Waals surface area contributed by atoms with Crippen LogP contribution in [0.4, 0.5) is 70.2 Å². The fourth-order valence-electron chi connectivity index (χ4n) is 20.3. The molecule has 9 aromatic rings. The van der Waals surface area contributed by atoms with Gasteiger partial charge in [-0.3, -0.25) is 49.1 Å². The van der Waals surface area contributed by atoms with Gasteiger partial charge in [0.15, 0.2) is 11.5 Å². The van der Waals surface area contributed by atoms with Crippen molar-refractivity contribution < 1.29 is 127 Å². The summed E-state index contributed by atoms with van der Waals surface area (Å²) in [5, 5.41) is 10.5. The van der Waals surface area contributed by atoms with Gasteiger partial charge in [0, 0.05) is 152 Å². The van der Waals surface area contributed by atoms with Crippen molar-refractivity contribution in [1.82, 2.24) is 58.7 Å². The highest BCUT2D eigenvalue weighted by Crippen LogP contribution is 2.48. The number of ketones is 3. The lowest BCUT2D eigenvalue weighted by Crippen LogP contribution is -2.63. The van der Waals surface area contributed by atoms with Gasteiger partial charge in [-0.2, -0.15) is 65.9 Å². The Hall–Kier alpha value is -12.0. The Kier molecular flexibility index (Phi) is 27.8. The maximum atomic E-state index is 13.5. The predicted molar refractivity (Wildman–Crippen MR) is 473 cm³/mol. The normalized spacial score (nSPS) is 18.6. The molecular weight excluding hydrogens is 1810 g/mol. The van der Waals surface area contributed by atoms with Gasteiger partial charge in [0.1, 0.15) is 28.8 Å². The van der Waals surface area contributed by atoms with Crippen molar-refractivity contribution in [2.24, 2.45) is 0 Å². The molecule has 0 radical (unpaired) electrons. The van der Waals surface area contributed by atoms with Gasteiger partial charge in [-0.25, -0.2) is 4.39 Å². The average Bonchev–Trinajstić information content (AvgIpc) is 1.59. The van der Waals surface area contributed by atoms with Gasteiger partial charge in [-0.15, -0.1) is 0 Å². The number of aromatic nitrogens is 4. The molecule has 4 spiro atoms. The monoisotopic (exact) mass is 1920 g/mol. The smallest absolute Gasteiger partial charge is 0.456 e. The second-order valence-corrected chi connectivity index (χ2v) is 37.0. The molecule has 4 aromatic heterocycles. The third-order valence-corrected chi connectivity index (χ3v) is 26.7. The van der Waals surface area contributed by atoms with E-state index < -0.39 is 110 Å². The molecule has 8 aliphatic rings. The number of carbonyl (C=O) groups is 7. The van der Waals surface area contributed by atoms with Crippen LogP contribution in [0.1, 0.15) is 210 Å². The number of alkyl halides is 15. The number of aryl methyl sites for hydroxylation is 1. The van der Waals surface area contributed by atoms with E-state index in [1.807, 2.05) is 78.9 Å². The lowest BCUT2D eigenvalue weighted by molar-refractivity contribution is -0.144. The summed E-state index contributed by atoms with van der Waals surface area (Å²) in [5.41, 5.74) is -2.31. The summed E-state index contributed by atoms with van der Waals surface area (Å²) in [7, 11) is 4.55. The summed E-state index contributed by atoms with van der Waals surface area (Å²) in [4.78, 5) is 96.9. The minimum absolute atomic E-state index is 0. The van der Waals surface area contributed by atoms with Crippen molar-refractivity contribution in [3.8, 4) is 28.7 Å². The SMILES string of the molecule is COc1cc(C(=O)N2CCC3(CC2)NC(C)(C)Cn2c(C(=O)C(F)(F)F)ccc23)ccc1OC(C)C.COc1ccc(C(=O)N2CCC3(CC2)NC(C)(C)Cn2c(C(=O)C(F)(F)F)ccc23)cc1C(F)(F)F.Cc1cc(C(=O)N2CCC3(CC2)c2ccc(C(=O)C(F)(F)F)n2CCN3C)ccc1F.O=C(c1ccc(Oc2ccccc2)cc1)N1CCC2(CC1)NCCn1c(C(F)(F)F)ccc12.[HH].[HH].[HH]. The van der Waals surface area contributed by atoms with E-state index in [0.29, 0.717) is 179 Å². The first-order valence-corrected chi connectivity index (χ1v) is 44.4. The number of halogens is 16. The molecule has 0 bridgehead atoms. The van der Waals surface area contributed by atoms with E-state index in [1.54, 1.807) is 82.3 Å². The Morgan fingerprint density at radius 3 is 1.24 bits per heavy atom. The summed E-state index contributed by atoms with van der Waals surface area (Å²) in [6.07, 6.45) is -20.2. The molecule has 136 heavy (non-hydrogen) atoms. The number of likely N-dealkylation sites (tertiary alicyclic amines) is 4. The Labute approximate surface area is 777 Å². The molecule has 0 unspecified atom stereocenters. The quantitative estimate of drug-likeness (QED) is 0.0720. The van der Waals surface area contributed by atoms with Gasteiger partial charge < -0.3 is 62.1 Å². The Bertz CT molecular complexity index is 5970. The number of carbonyl (C=O) groups excluding carboxylic acids is 7. The number of nitrogens with one attached hydrogen (secondary N) is 3. The van der Waals surface area contributed by atoms with Gasteiger partial charge in [0.2, 0.25) is 0 Å². The maximum absolute atomic E-state index is 13.5. The van der Waals surface area contributed by atoms with Crippen LogP contribution in [-0.4, -0.2) is 206 Å². The minimum atomic E-state index is -5.01. The van der Waals surface area contributed by atoms with Crippen molar-refractivity contribution in [2.45, 2.75) is 196 Å². The molecule has 12 heterocycles. The number of methoxy groups -OCH3 is 2. The molecule has 0 atom stereocenters. The number of likely N-dealkylation sites (N-methyl/N-ethyl adjacent to an activating group) is 1. The van der Waals surface area contributed by atoms with E-state index in [9.17, 15) is 104 Å². The fourth-order valence-corrected chi connectivity index (χ4v) is 20.3. The number of piperidine rings is 4. The number of hydrogen-bond acceptors (Lipinski definition) is 15. The second-order valence-electron chi connectivity index (χ2n) is 37.0. The van der Waals surface area contributed by atoms with Gasteiger partial charge in [-0.1, -0.05) is 18.2 Å². The summed E-state index contributed by atoms with van der Waals surface area (Å²) in [5.74, 6) is -5.00. The van der Waals surface area contributed by atoms with E-state index in [4.69, 9.17) is 18.9 Å². The van der Waals surface area contributed by atoms with Gasteiger partial charge in [-0.05, 0) is 252 Å². The van der Waals surface area contributed by atoms with Crippen LogP contribution in [0.2, 0.25) is 0 Å². The van der Waals surface area contributed by atoms with Crippen LogP contribution < -0.4 is 34.9 Å². The zero-order chi connectivity index (χ0) is 98.8. The van der Waals surface area contributed by atoms with E-state index in [-0.39, 0.29) is 77.1 Å². The van der Waals surface area contributed by atoms with Crippen LogP contribution >= 0.6 is 0 Å². The molecule has 0 saturated carbocycles. The predicted octanol–water partition coefficient (Wildman–Crippen LogP) is 18.8. The molecular formula is C97H110F16N12O11. The molecule has 23 nitrogen and oxygen atoms in total. The van der Waals surface area contributed by atoms with Crippen molar-refractivity contribution in [3.63, 3.8) is 0 Å². The Morgan fingerprint density at radius 2 is 0.794 bits per heavy atom. The van der Waals surface area contributed by atoms with Crippen LogP contribution in [0, 0.1) is 12.7 Å². The number of fused-ring (bicyclic) bond motifs is 8. The molecule has 8 aliphatic heterocycles. The van der Waals surface area contributed by atoms with Crippen LogP contribution in [0.5, 0.6) is 28.7 Å². The summed E-state index contributed by atoms with van der Waals surface area (Å²) in [6, 6.07) is 40.0. The van der Waals surface area contributed by atoms with Gasteiger partial charge >= 0.3 is 30.9 Å². The number of benzene rings is 5. The molecule has 17 rings (SSSR count). The Balaban J connectivity index is 0.000000176. The molecule has 0 aliphatic carbocycles. The highest BCUT2D eigenvalue weighted by molar-refractivity contribution is 6.01. The van der Waals surface area contributed by atoms with E-state index in [2.05, 4.69) is 20.9 Å². The number of ether oxygens (including phenoxy) is 4. The van der Waals surface area contributed by atoms with E-state index in [1.165, 1.54) is 84.9 Å². The second kappa shape index (κ2) is 37.8. The largest absolute Gasteiger partial charge is 0.496 e. The van der Waals surface area contributed by atoms with E-state index >= 15 is 0 Å². The average molecular weight is 1920 g/mol. The third-order valence-electron chi connectivity index (χ3n) is 26.7. The summed E-state index contributed by atoms with van der Waals surface area (Å²) >= 11 is 0. The third kappa shape index (κ3) is 20.5. The van der Waals surface area contributed by atoms with Gasteiger partial charge in [0.25, 0.3) is 41.0 Å².